The topological polar surface area (TPSA) is 77.1 Å². The van der Waals surface area contributed by atoms with Crippen molar-refractivity contribution in [2.24, 2.45) is 5.92 Å². The van der Waals surface area contributed by atoms with Crippen LogP contribution in [-0.2, 0) is 9.59 Å². The molecular formula is C15H20N2O5. The van der Waals surface area contributed by atoms with E-state index in [1.54, 1.807) is 17.0 Å². The van der Waals surface area contributed by atoms with Gasteiger partial charge in [0.15, 0.2) is 11.5 Å². The number of rotatable bonds is 5. The minimum atomic E-state index is -0.192. The quantitative estimate of drug-likeness (QED) is 0.882. The number of likely N-dealkylation sites (tertiary alicyclic amines) is 1. The van der Waals surface area contributed by atoms with Crippen molar-refractivity contribution >= 4 is 17.5 Å². The lowest BCUT2D eigenvalue weighted by molar-refractivity contribution is -0.139. The molecule has 22 heavy (non-hydrogen) atoms. The van der Waals surface area contributed by atoms with E-state index in [4.69, 9.17) is 14.2 Å². The maximum Gasteiger partial charge on any atom is 0.231 e. The largest absolute Gasteiger partial charge is 0.493 e. The number of carbonyl (C=O) groups excluding carboxylic acids is 2. The molecule has 1 saturated heterocycles. The van der Waals surface area contributed by atoms with E-state index in [0.29, 0.717) is 36.0 Å². The molecule has 2 rings (SSSR count). The van der Waals surface area contributed by atoms with Gasteiger partial charge < -0.3 is 24.4 Å². The van der Waals surface area contributed by atoms with Crippen LogP contribution >= 0.6 is 0 Å². The molecule has 7 nitrogen and oxygen atoms in total. The SMILES string of the molecule is COc1cc(NC(=O)C2CN(C(C)=O)C2)cc(OC)c1OC. The first-order valence-electron chi connectivity index (χ1n) is 6.86. The Labute approximate surface area is 129 Å². The van der Waals surface area contributed by atoms with Gasteiger partial charge in [-0.3, -0.25) is 9.59 Å². The van der Waals surface area contributed by atoms with Crippen molar-refractivity contribution in [3.63, 3.8) is 0 Å². The van der Waals surface area contributed by atoms with E-state index in [1.165, 1.54) is 28.3 Å². The number of methoxy groups -OCH3 is 3. The summed E-state index contributed by atoms with van der Waals surface area (Å²) < 4.78 is 15.7. The summed E-state index contributed by atoms with van der Waals surface area (Å²) in [6.45, 7) is 2.39. The molecule has 120 valence electrons. The predicted octanol–water partition coefficient (Wildman–Crippen LogP) is 1.13. The molecule has 1 heterocycles. The second-order valence-corrected chi connectivity index (χ2v) is 5.02. The highest BCUT2D eigenvalue weighted by Gasteiger charge is 2.34. The maximum atomic E-state index is 12.2. The summed E-state index contributed by atoms with van der Waals surface area (Å²) in [5.41, 5.74) is 0.556. The number of hydrogen-bond donors (Lipinski definition) is 1. The summed E-state index contributed by atoms with van der Waals surface area (Å²) in [4.78, 5) is 24.9. The molecule has 0 unspecified atom stereocenters. The van der Waals surface area contributed by atoms with E-state index in [9.17, 15) is 9.59 Å². The average molecular weight is 308 g/mol. The highest BCUT2D eigenvalue weighted by Crippen LogP contribution is 2.40. The minimum Gasteiger partial charge on any atom is -0.493 e. The molecule has 0 aromatic heterocycles. The zero-order chi connectivity index (χ0) is 16.3. The normalized spacial score (nSPS) is 14.1. The Morgan fingerprint density at radius 1 is 1.09 bits per heavy atom. The molecule has 0 bridgehead atoms. The fraction of sp³-hybridized carbons (Fsp3) is 0.467. The summed E-state index contributed by atoms with van der Waals surface area (Å²) >= 11 is 0. The molecule has 0 spiro atoms. The molecule has 1 aromatic carbocycles. The van der Waals surface area contributed by atoms with Crippen LogP contribution in [0.3, 0.4) is 0 Å². The van der Waals surface area contributed by atoms with E-state index in [0.717, 1.165) is 0 Å². The van der Waals surface area contributed by atoms with Crippen molar-refractivity contribution in [2.75, 3.05) is 39.7 Å². The Morgan fingerprint density at radius 3 is 2.05 bits per heavy atom. The highest BCUT2D eigenvalue weighted by atomic mass is 16.5. The number of anilines is 1. The van der Waals surface area contributed by atoms with Gasteiger partial charge in [-0.1, -0.05) is 0 Å². The van der Waals surface area contributed by atoms with Crippen LogP contribution in [0.4, 0.5) is 5.69 Å². The summed E-state index contributed by atoms with van der Waals surface area (Å²) in [5, 5.41) is 2.81. The first-order valence-corrected chi connectivity index (χ1v) is 6.86. The van der Waals surface area contributed by atoms with Crippen molar-refractivity contribution in [1.29, 1.82) is 0 Å². The summed E-state index contributed by atoms with van der Waals surface area (Å²) in [6.07, 6.45) is 0. The summed E-state index contributed by atoms with van der Waals surface area (Å²) in [7, 11) is 4.54. The number of nitrogens with zero attached hydrogens (tertiary/aromatic N) is 1. The Hall–Kier alpha value is -2.44. The zero-order valence-corrected chi connectivity index (χ0v) is 13.1. The molecule has 0 atom stereocenters. The molecule has 2 amide bonds. The van der Waals surface area contributed by atoms with Gasteiger partial charge in [0.2, 0.25) is 17.6 Å². The van der Waals surface area contributed by atoms with Gasteiger partial charge in [-0.25, -0.2) is 0 Å². The smallest absolute Gasteiger partial charge is 0.231 e. The molecular weight excluding hydrogens is 288 g/mol. The third kappa shape index (κ3) is 3.08. The fourth-order valence-corrected chi connectivity index (χ4v) is 2.30. The molecule has 1 aliphatic heterocycles. The maximum absolute atomic E-state index is 12.2. The number of benzene rings is 1. The lowest BCUT2D eigenvalue weighted by Gasteiger charge is -2.37. The molecule has 1 N–H and O–H groups in total. The monoisotopic (exact) mass is 308 g/mol. The molecule has 7 heteroatoms. The predicted molar refractivity (Wildman–Crippen MR) is 80.5 cm³/mol. The van der Waals surface area contributed by atoms with Crippen LogP contribution < -0.4 is 19.5 Å². The van der Waals surface area contributed by atoms with Gasteiger partial charge in [-0.2, -0.15) is 0 Å². The van der Waals surface area contributed by atoms with Crippen molar-refractivity contribution in [3.05, 3.63) is 12.1 Å². The number of carbonyl (C=O) groups is 2. The summed E-state index contributed by atoms with van der Waals surface area (Å²) in [5.74, 6) is 1.06. The molecule has 0 aliphatic carbocycles. The van der Waals surface area contributed by atoms with E-state index >= 15 is 0 Å². The average Bonchev–Trinajstić information content (AvgIpc) is 2.43. The molecule has 0 saturated carbocycles. The van der Waals surface area contributed by atoms with Crippen molar-refractivity contribution in [1.82, 2.24) is 4.90 Å². The lowest BCUT2D eigenvalue weighted by atomic mass is 9.99. The molecule has 1 aliphatic rings. The second-order valence-electron chi connectivity index (χ2n) is 5.02. The molecule has 0 radical (unpaired) electrons. The van der Waals surface area contributed by atoms with Gasteiger partial charge in [-0.15, -0.1) is 0 Å². The van der Waals surface area contributed by atoms with Gasteiger partial charge >= 0.3 is 0 Å². The second kappa shape index (κ2) is 6.55. The van der Waals surface area contributed by atoms with E-state index in [1.807, 2.05) is 0 Å². The third-order valence-corrected chi connectivity index (χ3v) is 3.63. The highest BCUT2D eigenvalue weighted by molar-refractivity contribution is 5.95. The first-order chi connectivity index (χ1) is 10.5. The van der Waals surface area contributed by atoms with E-state index in [-0.39, 0.29) is 17.7 Å². The Morgan fingerprint density at radius 2 is 1.64 bits per heavy atom. The minimum absolute atomic E-state index is 0.0168. The van der Waals surface area contributed by atoms with Crippen LogP contribution in [0, 0.1) is 5.92 Å². The van der Waals surface area contributed by atoms with E-state index < -0.39 is 0 Å². The van der Waals surface area contributed by atoms with Crippen molar-refractivity contribution in [2.45, 2.75) is 6.92 Å². The standard InChI is InChI=1S/C15H20N2O5/c1-9(18)17-7-10(8-17)15(19)16-11-5-12(20-2)14(22-4)13(6-11)21-3/h5-6,10H,7-8H2,1-4H3,(H,16,19). The first kappa shape index (κ1) is 15.9. The molecule has 1 aromatic rings. The lowest BCUT2D eigenvalue weighted by Crippen LogP contribution is -2.53. The van der Waals surface area contributed by atoms with Crippen LogP contribution in [0.1, 0.15) is 6.92 Å². The number of nitrogens with one attached hydrogen (secondary N) is 1. The van der Waals surface area contributed by atoms with Crippen LogP contribution in [0.5, 0.6) is 17.2 Å². The Balaban J connectivity index is 2.10. The van der Waals surface area contributed by atoms with Gasteiger partial charge in [0.05, 0.1) is 27.2 Å². The third-order valence-electron chi connectivity index (χ3n) is 3.63. The van der Waals surface area contributed by atoms with Gasteiger partial charge in [0.25, 0.3) is 0 Å². The van der Waals surface area contributed by atoms with Gasteiger partial charge in [0.1, 0.15) is 0 Å². The van der Waals surface area contributed by atoms with Crippen LogP contribution in [0.2, 0.25) is 0 Å². The Kier molecular flexibility index (Phi) is 4.75. The summed E-state index contributed by atoms with van der Waals surface area (Å²) in [6, 6.07) is 3.33. The van der Waals surface area contributed by atoms with Crippen LogP contribution in [-0.4, -0.2) is 51.1 Å². The number of hydrogen-bond acceptors (Lipinski definition) is 5. The van der Waals surface area contributed by atoms with E-state index in [2.05, 4.69) is 5.32 Å². The fourth-order valence-electron chi connectivity index (χ4n) is 2.30. The van der Waals surface area contributed by atoms with Crippen LogP contribution in [0.15, 0.2) is 12.1 Å². The van der Waals surface area contributed by atoms with Gasteiger partial charge in [0, 0.05) is 37.8 Å². The van der Waals surface area contributed by atoms with Crippen LogP contribution in [0.25, 0.3) is 0 Å². The zero-order valence-electron chi connectivity index (χ0n) is 13.1. The molecule has 1 fully saturated rings. The van der Waals surface area contributed by atoms with Crippen molar-refractivity contribution in [3.8, 4) is 17.2 Å². The Bertz CT molecular complexity index is 556. The van der Waals surface area contributed by atoms with Gasteiger partial charge in [-0.05, 0) is 0 Å². The van der Waals surface area contributed by atoms with Crippen molar-refractivity contribution < 1.29 is 23.8 Å². The number of ether oxygens (including phenoxy) is 3. The number of amides is 2.